The van der Waals surface area contributed by atoms with Gasteiger partial charge in [0.2, 0.25) is 0 Å². The number of ketones is 1. The Morgan fingerprint density at radius 2 is 1.83 bits per heavy atom. The van der Waals surface area contributed by atoms with Crippen molar-refractivity contribution in [3.8, 4) is 5.75 Å². The van der Waals surface area contributed by atoms with Crippen LogP contribution in [-0.2, 0) is 16.3 Å². The zero-order valence-corrected chi connectivity index (χ0v) is 7.04. The lowest BCUT2D eigenvalue weighted by Gasteiger charge is -1.97. The number of rotatable bonds is 3. The average Bonchev–Trinajstić information content (AvgIpc) is 2.03. The number of carbonyl (C=O) groups excluding carboxylic acids is 1. The first-order chi connectivity index (χ1) is 5.68. The number of carbonyl (C=O) groups is 1. The Morgan fingerprint density at radius 1 is 1.25 bits per heavy atom. The second-order valence-corrected chi connectivity index (χ2v) is 2.85. The standard InChI is InChI=1S/C10H11O2/c1-8(11)2-3-9-4-6-10(12)7-5-9/h4-7H,2-3H2,1H3. The van der Waals surface area contributed by atoms with E-state index in [9.17, 15) is 9.90 Å². The van der Waals surface area contributed by atoms with Gasteiger partial charge in [-0.3, -0.25) is 5.11 Å². The van der Waals surface area contributed by atoms with Crippen LogP contribution in [0.1, 0.15) is 18.9 Å². The van der Waals surface area contributed by atoms with Crippen molar-refractivity contribution in [2.45, 2.75) is 19.8 Å². The molecule has 1 radical (unpaired) electrons. The predicted octanol–water partition coefficient (Wildman–Crippen LogP) is 2.35. The molecule has 2 nitrogen and oxygen atoms in total. The van der Waals surface area contributed by atoms with Crippen LogP contribution in [0.2, 0.25) is 0 Å². The fourth-order valence-corrected chi connectivity index (χ4v) is 0.976. The van der Waals surface area contributed by atoms with Crippen molar-refractivity contribution in [1.29, 1.82) is 0 Å². The van der Waals surface area contributed by atoms with Crippen LogP contribution in [0.5, 0.6) is 5.75 Å². The van der Waals surface area contributed by atoms with E-state index in [0.717, 1.165) is 12.0 Å². The Labute approximate surface area is 71.8 Å². The van der Waals surface area contributed by atoms with E-state index in [2.05, 4.69) is 0 Å². The summed E-state index contributed by atoms with van der Waals surface area (Å²) in [5.74, 6) is 0.197. The molecule has 0 heterocycles. The SMILES string of the molecule is CC(=O)CCc1ccc([O])cc1. The Hall–Kier alpha value is -1.31. The molecule has 0 spiro atoms. The smallest absolute Gasteiger partial charge is 0.178 e. The lowest BCUT2D eigenvalue weighted by Crippen LogP contribution is -1.93. The van der Waals surface area contributed by atoms with E-state index in [4.69, 9.17) is 0 Å². The molecule has 12 heavy (non-hydrogen) atoms. The summed E-state index contributed by atoms with van der Waals surface area (Å²) in [4.78, 5) is 10.6. The third kappa shape index (κ3) is 2.74. The van der Waals surface area contributed by atoms with Crippen LogP contribution in [-0.4, -0.2) is 5.78 Å². The van der Waals surface area contributed by atoms with Crippen molar-refractivity contribution in [2.75, 3.05) is 0 Å². The Balaban J connectivity index is 2.53. The molecule has 1 aromatic carbocycles. The molecule has 0 unspecified atom stereocenters. The van der Waals surface area contributed by atoms with Gasteiger partial charge in [0.25, 0.3) is 0 Å². The second kappa shape index (κ2) is 3.90. The van der Waals surface area contributed by atoms with Gasteiger partial charge in [0.1, 0.15) is 5.78 Å². The van der Waals surface area contributed by atoms with Gasteiger partial charge in [-0.05, 0) is 31.0 Å². The van der Waals surface area contributed by atoms with Gasteiger partial charge in [-0.25, -0.2) is 0 Å². The number of aryl methyl sites for hydroxylation is 1. The normalized spacial score (nSPS) is 9.75. The van der Waals surface area contributed by atoms with Crippen molar-refractivity contribution in [3.05, 3.63) is 29.8 Å². The van der Waals surface area contributed by atoms with Gasteiger partial charge in [0.15, 0.2) is 5.75 Å². The van der Waals surface area contributed by atoms with Crippen LogP contribution in [0.25, 0.3) is 0 Å². The summed E-state index contributed by atoms with van der Waals surface area (Å²) >= 11 is 0. The van der Waals surface area contributed by atoms with Crippen molar-refractivity contribution < 1.29 is 9.90 Å². The maximum Gasteiger partial charge on any atom is 0.178 e. The average molecular weight is 163 g/mol. The quantitative estimate of drug-likeness (QED) is 0.673. The number of hydrogen-bond donors (Lipinski definition) is 0. The summed E-state index contributed by atoms with van der Waals surface area (Å²) in [6.07, 6.45) is 1.29. The summed E-state index contributed by atoms with van der Waals surface area (Å²) in [7, 11) is 0. The highest BCUT2D eigenvalue weighted by Crippen LogP contribution is 2.11. The molecule has 0 saturated heterocycles. The fourth-order valence-electron chi connectivity index (χ4n) is 0.976. The molecular weight excluding hydrogens is 152 g/mol. The van der Waals surface area contributed by atoms with E-state index in [1.807, 2.05) is 0 Å². The molecule has 2 heteroatoms. The van der Waals surface area contributed by atoms with Crippen molar-refractivity contribution in [3.63, 3.8) is 0 Å². The molecule has 0 aliphatic heterocycles. The molecule has 0 N–H and O–H groups in total. The first kappa shape index (κ1) is 8.78. The topological polar surface area (TPSA) is 37.0 Å². The van der Waals surface area contributed by atoms with E-state index in [1.165, 1.54) is 12.1 Å². The minimum atomic E-state index is 0.0153. The van der Waals surface area contributed by atoms with Gasteiger partial charge in [-0.15, -0.1) is 0 Å². The first-order valence-corrected chi connectivity index (χ1v) is 3.94. The molecule has 0 bridgehead atoms. The zero-order valence-electron chi connectivity index (χ0n) is 7.04. The molecule has 0 atom stereocenters. The van der Waals surface area contributed by atoms with E-state index in [0.29, 0.717) is 6.42 Å². The van der Waals surface area contributed by atoms with Crippen LogP contribution >= 0.6 is 0 Å². The highest BCUT2D eigenvalue weighted by Gasteiger charge is 1.96. The summed E-state index contributed by atoms with van der Waals surface area (Å²) < 4.78 is 0. The summed E-state index contributed by atoms with van der Waals surface area (Å²) in [5.41, 5.74) is 1.05. The molecule has 1 rings (SSSR count). The second-order valence-electron chi connectivity index (χ2n) is 2.85. The minimum Gasteiger partial charge on any atom is -0.300 e. The highest BCUT2D eigenvalue weighted by atomic mass is 16.3. The van der Waals surface area contributed by atoms with Gasteiger partial charge >= 0.3 is 0 Å². The zero-order chi connectivity index (χ0) is 8.97. The maximum absolute atomic E-state index is 10.7. The molecule has 0 fully saturated rings. The van der Waals surface area contributed by atoms with E-state index < -0.39 is 0 Å². The number of Topliss-reactive ketones (excluding diaryl/α,β-unsaturated/α-hetero) is 1. The van der Waals surface area contributed by atoms with Crippen molar-refractivity contribution in [2.24, 2.45) is 0 Å². The molecule has 0 amide bonds. The van der Waals surface area contributed by atoms with Crippen molar-refractivity contribution in [1.82, 2.24) is 0 Å². The van der Waals surface area contributed by atoms with Gasteiger partial charge < -0.3 is 4.79 Å². The number of benzene rings is 1. The fraction of sp³-hybridized carbons (Fsp3) is 0.300. The van der Waals surface area contributed by atoms with E-state index in [1.54, 1.807) is 19.1 Å². The molecule has 0 saturated carbocycles. The molecule has 63 valence electrons. The Morgan fingerprint density at radius 3 is 2.33 bits per heavy atom. The van der Waals surface area contributed by atoms with Gasteiger partial charge in [-0.1, -0.05) is 12.1 Å². The maximum atomic E-state index is 10.7. The Kier molecular flexibility index (Phi) is 2.86. The first-order valence-electron chi connectivity index (χ1n) is 3.94. The van der Waals surface area contributed by atoms with E-state index >= 15 is 0 Å². The lowest BCUT2D eigenvalue weighted by atomic mass is 10.1. The van der Waals surface area contributed by atoms with Gasteiger partial charge in [-0.2, -0.15) is 0 Å². The van der Waals surface area contributed by atoms with Crippen LogP contribution in [0.15, 0.2) is 24.3 Å². The van der Waals surface area contributed by atoms with E-state index in [-0.39, 0.29) is 11.5 Å². The minimum absolute atomic E-state index is 0.0153. The van der Waals surface area contributed by atoms with Crippen LogP contribution < -0.4 is 0 Å². The Bertz CT molecular complexity index is 262. The van der Waals surface area contributed by atoms with Crippen LogP contribution in [0, 0.1) is 0 Å². The summed E-state index contributed by atoms with van der Waals surface area (Å²) in [6.45, 7) is 1.57. The largest absolute Gasteiger partial charge is 0.300 e. The molecule has 0 aromatic heterocycles. The third-order valence-electron chi connectivity index (χ3n) is 1.69. The predicted molar refractivity (Wildman–Crippen MR) is 45.6 cm³/mol. The number of hydrogen-bond acceptors (Lipinski definition) is 1. The summed E-state index contributed by atoms with van der Waals surface area (Å²) in [5, 5.41) is 10.7. The van der Waals surface area contributed by atoms with Crippen LogP contribution in [0.3, 0.4) is 0 Å². The highest BCUT2D eigenvalue weighted by molar-refractivity contribution is 5.75. The summed E-state index contributed by atoms with van der Waals surface area (Å²) in [6, 6.07) is 6.58. The van der Waals surface area contributed by atoms with Gasteiger partial charge in [0.05, 0.1) is 0 Å². The molecule has 0 aliphatic rings. The van der Waals surface area contributed by atoms with Crippen molar-refractivity contribution >= 4 is 5.78 Å². The molecule has 0 aliphatic carbocycles. The molecule has 1 aromatic rings. The third-order valence-corrected chi connectivity index (χ3v) is 1.69. The monoisotopic (exact) mass is 163 g/mol. The van der Waals surface area contributed by atoms with Gasteiger partial charge in [0, 0.05) is 6.42 Å². The van der Waals surface area contributed by atoms with Crippen LogP contribution in [0.4, 0.5) is 0 Å². The molecular formula is C10H11O2. The lowest BCUT2D eigenvalue weighted by molar-refractivity contribution is -0.116.